The summed E-state index contributed by atoms with van der Waals surface area (Å²) in [7, 11) is -1.96. The molecular formula is C17H14BrN3O3S. The fourth-order valence-electron chi connectivity index (χ4n) is 2.25. The molecule has 8 heteroatoms. The Kier molecular flexibility index (Phi) is 4.73. The lowest BCUT2D eigenvalue weighted by atomic mass is 10.1. The van der Waals surface area contributed by atoms with Crippen molar-refractivity contribution in [3.05, 3.63) is 76.8 Å². The minimum Gasteiger partial charge on any atom is -0.331 e. The number of sulfonamides is 1. The molecule has 0 spiro atoms. The molecule has 25 heavy (non-hydrogen) atoms. The number of hydrogen-bond donors (Lipinski definition) is 1. The van der Waals surface area contributed by atoms with Crippen LogP contribution in [0.25, 0.3) is 0 Å². The zero-order chi connectivity index (χ0) is 18.0. The van der Waals surface area contributed by atoms with Crippen LogP contribution in [0.5, 0.6) is 0 Å². The Morgan fingerprint density at radius 1 is 1.16 bits per heavy atom. The van der Waals surface area contributed by atoms with Crippen molar-refractivity contribution in [1.82, 2.24) is 9.55 Å². The molecule has 0 bridgehead atoms. The predicted molar refractivity (Wildman–Crippen MR) is 98.0 cm³/mol. The van der Waals surface area contributed by atoms with Crippen molar-refractivity contribution in [2.24, 2.45) is 7.05 Å². The van der Waals surface area contributed by atoms with Crippen molar-refractivity contribution in [3.8, 4) is 0 Å². The molecule has 0 unspecified atom stereocenters. The van der Waals surface area contributed by atoms with E-state index in [-0.39, 0.29) is 10.7 Å². The summed E-state index contributed by atoms with van der Waals surface area (Å²) in [6.45, 7) is 0. The highest BCUT2D eigenvalue weighted by molar-refractivity contribution is 9.10. The molecule has 0 saturated heterocycles. The Bertz CT molecular complexity index is 1030. The Labute approximate surface area is 153 Å². The van der Waals surface area contributed by atoms with Gasteiger partial charge in [0.05, 0.1) is 4.90 Å². The molecule has 0 saturated carbocycles. The van der Waals surface area contributed by atoms with E-state index in [0.29, 0.717) is 21.5 Å². The molecule has 1 aromatic heterocycles. The number of aryl methyl sites for hydroxylation is 1. The van der Waals surface area contributed by atoms with Gasteiger partial charge in [-0.15, -0.1) is 0 Å². The second-order valence-corrected chi connectivity index (χ2v) is 7.93. The minimum atomic E-state index is -3.70. The molecule has 3 aromatic rings. The van der Waals surface area contributed by atoms with Crippen molar-refractivity contribution >= 4 is 37.4 Å². The zero-order valence-electron chi connectivity index (χ0n) is 13.2. The maximum absolute atomic E-state index is 12.4. The highest BCUT2D eigenvalue weighted by Crippen LogP contribution is 2.20. The van der Waals surface area contributed by atoms with Gasteiger partial charge in [0.2, 0.25) is 5.78 Å². The predicted octanol–water partition coefficient (Wildman–Crippen LogP) is 3.21. The Hall–Kier alpha value is -2.45. The second kappa shape index (κ2) is 6.81. The van der Waals surface area contributed by atoms with Crippen molar-refractivity contribution < 1.29 is 13.2 Å². The van der Waals surface area contributed by atoms with E-state index in [2.05, 4.69) is 25.6 Å². The Morgan fingerprint density at radius 2 is 1.88 bits per heavy atom. The monoisotopic (exact) mass is 419 g/mol. The maximum Gasteiger partial charge on any atom is 0.261 e. The third kappa shape index (κ3) is 3.80. The van der Waals surface area contributed by atoms with Gasteiger partial charge in [-0.05, 0) is 42.5 Å². The first-order chi connectivity index (χ1) is 11.9. The van der Waals surface area contributed by atoms with E-state index in [1.54, 1.807) is 60.4 Å². The molecule has 1 N–H and O–H groups in total. The minimum absolute atomic E-state index is 0.148. The second-order valence-electron chi connectivity index (χ2n) is 5.33. The van der Waals surface area contributed by atoms with Crippen LogP contribution in [0.3, 0.4) is 0 Å². The molecule has 0 aliphatic heterocycles. The van der Waals surface area contributed by atoms with Crippen LogP contribution in [0, 0.1) is 0 Å². The fraction of sp³-hybridized carbons (Fsp3) is 0.0588. The molecule has 0 fully saturated rings. The summed E-state index contributed by atoms with van der Waals surface area (Å²) >= 11 is 3.25. The van der Waals surface area contributed by atoms with E-state index in [1.165, 1.54) is 12.1 Å². The van der Waals surface area contributed by atoms with Gasteiger partial charge in [-0.25, -0.2) is 13.4 Å². The first-order valence-corrected chi connectivity index (χ1v) is 9.55. The molecular weight excluding hydrogens is 406 g/mol. The van der Waals surface area contributed by atoms with Gasteiger partial charge in [0, 0.05) is 35.2 Å². The van der Waals surface area contributed by atoms with E-state index in [1.807, 2.05) is 0 Å². The van der Waals surface area contributed by atoms with Crippen LogP contribution in [0.4, 0.5) is 5.69 Å². The molecule has 0 aliphatic rings. The highest BCUT2D eigenvalue weighted by Gasteiger charge is 2.16. The Morgan fingerprint density at radius 3 is 2.48 bits per heavy atom. The van der Waals surface area contributed by atoms with Gasteiger partial charge in [-0.1, -0.05) is 22.0 Å². The molecule has 0 atom stereocenters. The van der Waals surface area contributed by atoms with Crippen LogP contribution >= 0.6 is 15.9 Å². The Balaban J connectivity index is 1.81. The van der Waals surface area contributed by atoms with Gasteiger partial charge in [-0.2, -0.15) is 0 Å². The number of aromatic nitrogens is 2. The van der Waals surface area contributed by atoms with Crippen LogP contribution in [0.15, 0.2) is 70.3 Å². The molecule has 0 amide bonds. The van der Waals surface area contributed by atoms with Gasteiger partial charge in [0.15, 0.2) is 5.82 Å². The lowest BCUT2D eigenvalue weighted by Crippen LogP contribution is -2.13. The first-order valence-electron chi connectivity index (χ1n) is 7.27. The van der Waals surface area contributed by atoms with Gasteiger partial charge < -0.3 is 4.57 Å². The van der Waals surface area contributed by atoms with E-state index in [4.69, 9.17) is 0 Å². The van der Waals surface area contributed by atoms with Crippen molar-refractivity contribution in [2.45, 2.75) is 4.90 Å². The number of carbonyl (C=O) groups is 1. The van der Waals surface area contributed by atoms with E-state index < -0.39 is 10.0 Å². The summed E-state index contributed by atoms with van der Waals surface area (Å²) in [4.78, 5) is 16.5. The van der Waals surface area contributed by atoms with E-state index in [0.717, 1.165) is 0 Å². The average Bonchev–Trinajstić information content (AvgIpc) is 3.00. The molecule has 3 rings (SSSR count). The molecule has 6 nitrogen and oxygen atoms in total. The summed E-state index contributed by atoms with van der Waals surface area (Å²) in [5.74, 6) is 0.0939. The smallest absolute Gasteiger partial charge is 0.261 e. The van der Waals surface area contributed by atoms with E-state index in [9.17, 15) is 13.2 Å². The lowest BCUT2D eigenvalue weighted by molar-refractivity contribution is 0.102. The van der Waals surface area contributed by atoms with Crippen LogP contribution in [0.1, 0.15) is 16.2 Å². The summed E-state index contributed by atoms with van der Waals surface area (Å²) in [5, 5.41) is 0. The van der Waals surface area contributed by atoms with Gasteiger partial charge >= 0.3 is 0 Å². The third-order valence-electron chi connectivity index (χ3n) is 3.53. The standard InChI is InChI=1S/C17H14BrN3O3S/c1-21-10-9-19-17(21)16(22)12-5-7-14(8-6-12)20-25(23,24)15-4-2-3-13(18)11-15/h2-11,20H,1H3. The molecule has 128 valence electrons. The molecule has 2 aromatic carbocycles. The number of carbonyl (C=O) groups excluding carboxylic acids is 1. The molecule has 0 aliphatic carbocycles. The van der Waals surface area contributed by atoms with Crippen molar-refractivity contribution in [1.29, 1.82) is 0 Å². The lowest BCUT2D eigenvalue weighted by Gasteiger charge is -2.09. The highest BCUT2D eigenvalue weighted by atomic mass is 79.9. The van der Waals surface area contributed by atoms with Crippen molar-refractivity contribution in [2.75, 3.05) is 4.72 Å². The number of benzene rings is 2. The quantitative estimate of drug-likeness (QED) is 0.643. The van der Waals surface area contributed by atoms with Gasteiger partial charge in [-0.3, -0.25) is 9.52 Å². The number of nitrogens with zero attached hydrogens (tertiary/aromatic N) is 2. The normalized spacial score (nSPS) is 11.3. The summed E-state index contributed by atoms with van der Waals surface area (Å²) in [6.07, 6.45) is 3.24. The number of halogens is 1. The SMILES string of the molecule is Cn1ccnc1C(=O)c1ccc(NS(=O)(=O)c2cccc(Br)c2)cc1. The largest absolute Gasteiger partial charge is 0.331 e. The number of imidazole rings is 1. The first kappa shape index (κ1) is 17.4. The topological polar surface area (TPSA) is 81.1 Å². The van der Waals surface area contributed by atoms with E-state index >= 15 is 0 Å². The number of hydrogen-bond acceptors (Lipinski definition) is 4. The van der Waals surface area contributed by atoms with Gasteiger partial charge in [0.25, 0.3) is 10.0 Å². The van der Waals surface area contributed by atoms with Crippen molar-refractivity contribution in [3.63, 3.8) is 0 Å². The fourth-order valence-corrected chi connectivity index (χ4v) is 3.91. The molecule has 0 radical (unpaired) electrons. The number of nitrogens with one attached hydrogen (secondary N) is 1. The average molecular weight is 420 g/mol. The summed E-state index contributed by atoms with van der Waals surface area (Å²) in [5.41, 5.74) is 0.802. The van der Waals surface area contributed by atoms with Crippen LogP contribution < -0.4 is 4.72 Å². The zero-order valence-corrected chi connectivity index (χ0v) is 15.6. The van der Waals surface area contributed by atoms with Crippen LogP contribution in [-0.2, 0) is 17.1 Å². The van der Waals surface area contributed by atoms with Crippen LogP contribution in [-0.4, -0.2) is 23.8 Å². The maximum atomic E-state index is 12.4. The van der Waals surface area contributed by atoms with Gasteiger partial charge in [0.1, 0.15) is 0 Å². The number of rotatable bonds is 5. The summed E-state index contributed by atoms with van der Waals surface area (Å²) < 4.78 is 29.6. The third-order valence-corrected chi connectivity index (χ3v) is 5.40. The number of anilines is 1. The van der Waals surface area contributed by atoms with Crippen LogP contribution in [0.2, 0.25) is 0 Å². The summed E-state index contributed by atoms with van der Waals surface area (Å²) in [6, 6.07) is 12.6. The molecule has 1 heterocycles. The number of ketones is 1.